The molecule has 0 bridgehead atoms. The zero-order valence-electron chi connectivity index (χ0n) is 14.9. The van der Waals surface area contributed by atoms with Crippen LogP contribution in [-0.4, -0.2) is 64.7 Å². The lowest BCUT2D eigenvalue weighted by molar-refractivity contribution is -0.160. The maximum atomic E-state index is 12.2. The lowest BCUT2D eigenvalue weighted by atomic mass is 10.0. The summed E-state index contributed by atoms with van der Waals surface area (Å²) in [5.41, 5.74) is 1.19. The molecule has 2 atom stereocenters. The third kappa shape index (κ3) is 3.85. The molecule has 0 unspecified atom stereocenters. The first-order valence-electron chi connectivity index (χ1n) is 8.93. The molecule has 6 heteroatoms. The second kappa shape index (κ2) is 7.54. The molecule has 1 amide bonds. The number of aromatic carboxylic acids is 1. The molecular formula is C19H26N2O4. The van der Waals surface area contributed by atoms with Crippen LogP contribution in [0.1, 0.15) is 42.6 Å². The van der Waals surface area contributed by atoms with E-state index in [4.69, 9.17) is 4.74 Å². The lowest BCUT2D eigenvalue weighted by Gasteiger charge is -2.42. The fourth-order valence-electron chi connectivity index (χ4n) is 4.00. The number of rotatable bonds is 4. The molecule has 136 valence electrons. The lowest BCUT2D eigenvalue weighted by Crippen LogP contribution is -2.56. The van der Waals surface area contributed by atoms with Gasteiger partial charge >= 0.3 is 5.97 Å². The van der Waals surface area contributed by atoms with Crippen molar-refractivity contribution in [2.45, 2.75) is 51.4 Å². The summed E-state index contributed by atoms with van der Waals surface area (Å²) in [5.74, 6) is -0.820. The van der Waals surface area contributed by atoms with Crippen molar-refractivity contribution in [3.8, 4) is 0 Å². The van der Waals surface area contributed by atoms with Gasteiger partial charge in [0.15, 0.2) is 0 Å². The van der Waals surface area contributed by atoms with E-state index in [-0.39, 0.29) is 30.7 Å². The molecule has 1 N–H and O–H groups in total. The highest BCUT2D eigenvalue weighted by atomic mass is 16.5. The second-order valence-corrected chi connectivity index (χ2v) is 7.13. The van der Waals surface area contributed by atoms with Crippen LogP contribution in [0.5, 0.6) is 0 Å². The topological polar surface area (TPSA) is 70.1 Å². The van der Waals surface area contributed by atoms with Crippen molar-refractivity contribution < 1.29 is 19.4 Å². The Balaban J connectivity index is 1.72. The molecule has 2 aliphatic heterocycles. The van der Waals surface area contributed by atoms with E-state index in [9.17, 15) is 14.7 Å². The molecule has 3 rings (SSSR count). The molecule has 1 aromatic carbocycles. The zero-order valence-corrected chi connectivity index (χ0v) is 14.9. The Morgan fingerprint density at radius 3 is 2.72 bits per heavy atom. The van der Waals surface area contributed by atoms with Crippen molar-refractivity contribution in [1.82, 2.24) is 9.80 Å². The number of benzene rings is 1. The number of hydrogen-bond acceptors (Lipinski definition) is 4. The van der Waals surface area contributed by atoms with E-state index in [1.807, 2.05) is 30.9 Å². The number of amides is 1. The minimum Gasteiger partial charge on any atom is -0.478 e. The summed E-state index contributed by atoms with van der Waals surface area (Å²) in [7, 11) is 0. The van der Waals surface area contributed by atoms with E-state index < -0.39 is 5.97 Å². The predicted octanol–water partition coefficient (Wildman–Crippen LogP) is 1.98. The van der Waals surface area contributed by atoms with Crippen LogP contribution in [0.4, 0.5) is 0 Å². The molecule has 0 aliphatic carbocycles. The summed E-state index contributed by atoms with van der Waals surface area (Å²) < 4.78 is 5.80. The van der Waals surface area contributed by atoms with Crippen LogP contribution >= 0.6 is 0 Å². The first-order valence-corrected chi connectivity index (χ1v) is 8.93. The van der Waals surface area contributed by atoms with Crippen LogP contribution in [0.15, 0.2) is 24.3 Å². The molecule has 0 spiro atoms. The number of hydrogen-bond donors (Lipinski definition) is 1. The molecule has 0 aromatic heterocycles. The monoisotopic (exact) mass is 346 g/mol. The SMILES string of the molecule is CC(C)N1C(=O)CO[C@H]2CCN(Cc3ccccc3C(=O)O)CC[C@@H]21. The van der Waals surface area contributed by atoms with Crippen LogP contribution in [0, 0.1) is 0 Å². The number of morpholine rings is 1. The number of carbonyl (C=O) groups excluding carboxylic acids is 1. The second-order valence-electron chi connectivity index (χ2n) is 7.13. The summed E-state index contributed by atoms with van der Waals surface area (Å²) >= 11 is 0. The van der Waals surface area contributed by atoms with E-state index >= 15 is 0 Å². The number of ether oxygens (including phenoxy) is 1. The molecule has 0 saturated carbocycles. The highest BCUT2D eigenvalue weighted by Crippen LogP contribution is 2.27. The van der Waals surface area contributed by atoms with Crippen molar-refractivity contribution in [2.75, 3.05) is 19.7 Å². The minimum atomic E-state index is -0.890. The van der Waals surface area contributed by atoms with Gasteiger partial charge < -0.3 is 14.7 Å². The average molecular weight is 346 g/mol. The predicted molar refractivity (Wildman–Crippen MR) is 93.4 cm³/mol. The maximum absolute atomic E-state index is 12.2. The normalized spacial score (nSPS) is 24.9. The molecule has 2 heterocycles. The Bertz CT molecular complexity index is 646. The van der Waals surface area contributed by atoms with Gasteiger partial charge in [0.05, 0.1) is 17.7 Å². The van der Waals surface area contributed by atoms with Crippen molar-refractivity contribution in [2.24, 2.45) is 0 Å². The number of fused-ring (bicyclic) bond motifs is 1. The highest BCUT2D eigenvalue weighted by Gasteiger charge is 2.39. The van der Waals surface area contributed by atoms with Crippen LogP contribution < -0.4 is 0 Å². The minimum absolute atomic E-state index is 0.0693. The number of carboxylic acids is 1. The summed E-state index contributed by atoms with van der Waals surface area (Å²) in [6.07, 6.45) is 1.78. The first-order chi connectivity index (χ1) is 12.0. The summed E-state index contributed by atoms with van der Waals surface area (Å²) in [5, 5.41) is 9.36. The smallest absolute Gasteiger partial charge is 0.336 e. The van der Waals surface area contributed by atoms with Gasteiger partial charge in [0.2, 0.25) is 5.91 Å². The van der Waals surface area contributed by atoms with Gasteiger partial charge in [-0.3, -0.25) is 9.69 Å². The van der Waals surface area contributed by atoms with Gasteiger partial charge in [-0.15, -0.1) is 0 Å². The fourth-order valence-corrected chi connectivity index (χ4v) is 4.00. The van der Waals surface area contributed by atoms with E-state index in [0.29, 0.717) is 12.1 Å². The number of nitrogens with zero attached hydrogens (tertiary/aromatic N) is 2. The van der Waals surface area contributed by atoms with Crippen LogP contribution in [0.2, 0.25) is 0 Å². The Morgan fingerprint density at radius 1 is 1.28 bits per heavy atom. The quantitative estimate of drug-likeness (QED) is 0.903. The third-order valence-electron chi connectivity index (χ3n) is 5.16. The standard InChI is InChI=1S/C19H26N2O4/c1-13(2)21-16-7-9-20(10-8-17(16)25-12-18(21)22)11-14-5-3-4-6-15(14)19(23)24/h3-6,13,16-17H,7-12H2,1-2H3,(H,23,24)/t16-,17-/m0/s1. The molecule has 6 nitrogen and oxygen atoms in total. The highest BCUT2D eigenvalue weighted by molar-refractivity contribution is 5.89. The van der Waals surface area contributed by atoms with Crippen molar-refractivity contribution >= 4 is 11.9 Å². The molecule has 1 aromatic rings. The summed E-state index contributed by atoms with van der Waals surface area (Å²) in [4.78, 5) is 27.9. The Kier molecular flexibility index (Phi) is 5.39. The Morgan fingerprint density at radius 2 is 2.00 bits per heavy atom. The van der Waals surface area contributed by atoms with Gasteiger partial charge in [-0.05, 0) is 38.3 Å². The van der Waals surface area contributed by atoms with Gasteiger partial charge in [0.25, 0.3) is 0 Å². The van der Waals surface area contributed by atoms with Crippen LogP contribution in [-0.2, 0) is 16.1 Å². The number of carboxylic acid groups (broad SMARTS) is 1. The fraction of sp³-hybridized carbons (Fsp3) is 0.579. The van der Waals surface area contributed by atoms with Gasteiger partial charge in [0.1, 0.15) is 6.61 Å². The van der Waals surface area contributed by atoms with E-state index in [1.165, 1.54) is 0 Å². The van der Waals surface area contributed by atoms with Crippen LogP contribution in [0.3, 0.4) is 0 Å². The van der Waals surface area contributed by atoms with Crippen LogP contribution in [0.25, 0.3) is 0 Å². The molecule has 25 heavy (non-hydrogen) atoms. The van der Waals surface area contributed by atoms with E-state index in [2.05, 4.69) is 4.90 Å². The van der Waals surface area contributed by atoms with Crippen molar-refractivity contribution in [1.29, 1.82) is 0 Å². The molecule has 0 radical (unpaired) electrons. The molecule has 2 aliphatic rings. The van der Waals surface area contributed by atoms with Gasteiger partial charge in [-0.25, -0.2) is 4.79 Å². The molecular weight excluding hydrogens is 320 g/mol. The summed E-state index contributed by atoms with van der Waals surface area (Å²) in [6.45, 7) is 6.54. The van der Waals surface area contributed by atoms with E-state index in [1.54, 1.807) is 12.1 Å². The maximum Gasteiger partial charge on any atom is 0.336 e. The Hall–Kier alpha value is -1.92. The van der Waals surface area contributed by atoms with Gasteiger partial charge in [-0.2, -0.15) is 0 Å². The largest absolute Gasteiger partial charge is 0.478 e. The van der Waals surface area contributed by atoms with Crippen molar-refractivity contribution in [3.05, 3.63) is 35.4 Å². The van der Waals surface area contributed by atoms with E-state index in [0.717, 1.165) is 31.5 Å². The van der Waals surface area contributed by atoms with Gasteiger partial charge in [0, 0.05) is 25.7 Å². The first kappa shape index (κ1) is 17.9. The number of likely N-dealkylation sites (tertiary alicyclic amines) is 1. The summed E-state index contributed by atoms with van der Waals surface area (Å²) in [6, 6.07) is 7.44. The average Bonchev–Trinajstić information content (AvgIpc) is 2.77. The molecule has 2 saturated heterocycles. The zero-order chi connectivity index (χ0) is 18.0. The number of carbonyl (C=O) groups is 2. The van der Waals surface area contributed by atoms with Gasteiger partial charge in [-0.1, -0.05) is 18.2 Å². The third-order valence-corrected chi connectivity index (χ3v) is 5.16. The molecule has 2 fully saturated rings. The van der Waals surface area contributed by atoms with Crippen molar-refractivity contribution in [3.63, 3.8) is 0 Å². The Labute approximate surface area is 148 Å².